The third-order valence-electron chi connectivity index (χ3n) is 4.51. The van der Waals surface area contributed by atoms with E-state index in [1.807, 2.05) is 0 Å². The summed E-state index contributed by atoms with van der Waals surface area (Å²) >= 11 is 0. The van der Waals surface area contributed by atoms with Crippen molar-refractivity contribution in [1.82, 2.24) is 0 Å². The molecule has 0 aliphatic heterocycles. The third kappa shape index (κ3) is 4.70. The highest BCUT2D eigenvalue weighted by molar-refractivity contribution is 5.91. The first-order valence-electron chi connectivity index (χ1n) is 8.80. The summed E-state index contributed by atoms with van der Waals surface area (Å²) in [5, 5.41) is 9.00. The molecule has 0 heterocycles. The summed E-state index contributed by atoms with van der Waals surface area (Å²) in [6, 6.07) is 11.1. The summed E-state index contributed by atoms with van der Waals surface area (Å²) in [6.07, 6.45) is 4.93. The van der Waals surface area contributed by atoms with Crippen LogP contribution < -0.4 is 9.47 Å². The second-order valence-corrected chi connectivity index (χ2v) is 6.42. The molecular formula is C21H18FNO4. The molecule has 2 aromatic rings. The van der Waals surface area contributed by atoms with E-state index in [0.29, 0.717) is 5.75 Å². The number of hydrogen-bond acceptors (Lipinski definition) is 5. The number of benzene rings is 2. The second kappa shape index (κ2) is 8.45. The molecule has 0 N–H and O–H groups in total. The first kappa shape index (κ1) is 18.6. The molecule has 3 rings (SSSR count). The van der Waals surface area contributed by atoms with Crippen molar-refractivity contribution < 1.29 is 23.5 Å². The van der Waals surface area contributed by atoms with Crippen LogP contribution in [-0.4, -0.2) is 11.9 Å². The van der Waals surface area contributed by atoms with Crippen LogP contribution in [0.5, 0.6) is 11.5 Å². The van der Waals surface area contributed by atoms with E-state index in [4.69, 9.17) is 14.7 Å². The van der Waals surface area contributed by atoms with Crippen LogP contribution in [0.2, 0.25) is 0 Å². The lowest BCUT2D eigenvalue weighted by atomic mass is 9.89. The Balaban J connectivity index is 1.64. The van der Waals surface area contributed by atoms with Crippen molar-refractivity contribution in [2.75, 3.05) is 0 Å². The summed E-state index contributed by atoms with van der Waals surface area (Å²) in [4.78, 5) is 24.4. The molecule has 138 valence electrons. The van der Waals surface area contributed by atoms with E-state index in [1.165, 1.54) is 30.3 Å². The normalized spacial score (nSPS) is 14.2. The van der Waals surface area contributed by atoms with E-state index in [2.05, 4.69) is 0 Å². The highest BCUT2D eigenvalue weighted by Gasteiger charge is 2.23. The van der Waals surface area contributed by atoms with Crippen LogP contribution in [0, 0.1) is 23.1 Å². The van der Waals surface area contributed by atoms with Crippen LogP contribution in [-0.2, 0) is 4.79 Å². The minimum atomic E-state index is -0.691. The summed E-state index contributed by atoms with van der Waals surface area (Å²) in [6.45, 7) is 0. The fourth-order valence-corrected chi connectivity index (χ4v) is 3.03. The number of halogens is 1. The predicted octanol–water partition coefficient (Wildman–Crippen LogP) is 4.40. The number of esters is 2. The van der Waals surface area contributed by atoms with Crippen LogP contribution in [0.25, 0.3) is 0 Å². The number of hydrogen-bond donors (Lipinski definition) is 0. The summed E-state index contributed by atoms with van der Waals surface area (Å²) < 4.78 is 23.7. The van der Waals surface area contributed by atoms with Gasteiger partial charge >= 0.3 is 11.9 Å². The molecular weight excluding hydrogens is 349 g/mol. The highest BCUT2D eigenvalue weighted by atomic mass is 19.1. The summed E-state index contributed by atoms with van der Waals surface area (Å²) in [5.74, 6) is -1.24. The van der Waals surface area contributed by atoms with Crippen molar-refractivity contribution in [3.05, 3.63) is 59.4 Å². The Hall–Kier alpha value is -3.20. The second-order valence-electron chi connectivity index (χ2n) is 6.42. The topological polar surface area (TPSA) is 76.4 Å². The van der Waals surface area contributed by atoms with E-state index < -0.39 is 11.8 Å². The predicted molar refractivity (Wildman–Crippen MR) is 94.7 cm³/mol. The first-order valence-corrected chi connectivity index (χ1v) is 8.80. The molecule has 0 aromatic heterocycles. The van der Waals surface area contributed by atoms with Gasteiger partial charge in [-0.25, -0.2) is 9.18 Å². The average molecular weight is 367 g/mol. The molecule has 2 aromatic carbocycles. The maximum atomic E-state index is 13.1. The maximum Gasteiger partial charge on any atom is 0.343 e. The molecule has 0 amide bonds. The van der Waals surface area contributed by atoms with Gasteiger partial charge in [0.25, 0.3) is 0 Å². The number of nitriles is 1. The lowest BCUT2D eigenvalue weighted by molar-refractivity contribution is -0.139. The molecule has 0 unspecified atom stereocenters. The van der Waals surface area contributed by atoms with E-state index in [-0.39, 0.29) is 28.8 Å². The number of ether oxygens (including phenoxy) is 2. The average Bonchev–Trinajstić information content (AvgIpc) is 2.70. The Labute approximate surface area is 156 Å². The molecule has 1 aliphatic rings. The van der Waals surface area contributed by atoms with Crippen molar-refractivity contribution in [1.29, 1.82) is 5.26 Å². The largest absolute Gasteiger partial charge is 0.426 e. The molecule has 6 heteroatoms. The molecule has 0 atom stereocenters. The van der Waals surface area contributed by atoms with E-state index in [0.717, 1.165) is 44.2 Å². The van der Waals surface area contributed by atoms with Crippen molar-refractivity contribution >= 4 is 11.9 Å². The van der Waals surface area contributed by atoms with Crippen LogP contribution in [0.4, 0.5) is 4.39 Å². The minimum Gasteiger partial charge on any atom is -0.426 e. The number of nitrogens with zero attached hydrogens (tertiary/aromatic N) is 1. The molecule has 0 bridgehead atoms. The van der Waals surface area contributed by atoms with Gasteiger partial charge in [-0.05, 0) is 55.3 Å². The van der Waals surface area contributed by atoms with Crippen LogP contribution in [0.15, 0.2) is 42.5 Å². The van der Waals surface area contributed by atoms with Crippen LogP contribution in [0.1, 0.15) is 48.0 Å². The lowest BCUT2D eigenvalue weighted by Crippen LogP contribution is -2.22. The lowest BCUT2D eigenvalue weighted by Gasteiger charge is -2.19. The quantitative estimate of drug-likeness (QED) is 0.591. The highest BCUT2D eigenvalue weighted by Crippen LogP contribution is 2.26. The molecule has 0 saturated heterocycles. The maximum absolute atomic E-state index is 13.1. The molecule has 27 heavy (non-hydrogen) atoms. The Morgan fingerprint density at radius 1 is 1.00 bits per heavy atom. The van der Waals surface area contributed by atoms with Crippen molar-refractivity contribution in [2.45, 2.75) is 32.1 Å². The Morgan fingerprint density at radius 2 is 1.70 bits per heavy atom. The number of carbonyl (C=O) groups is 2. The van der Waals surface area contributed by atoms with Crippen molar-refractivity contribution in [2.24, 2.45) is 5.92 Å². The monoisotopic (exact) mass is 367 g/mol. The van der Waals surface area contributed by atoms with Gasteiger partial charge in [0.05, 0.1) is 17.0 Å². The smallest absolute Gasteiger partial charge is 0.343 e. The van der Waals surface area contributed by atoms with Crippen molar-refractivity contribution in [3.8, 4) is 17.6 Å². The van der Waals surface area contributed by atoms with Gasteiger partial charge in [-0.1, -0.05) is 19.3 Å². The Kier molecular flexibility index (Phi) is 5.82. The fraction of sp³-hybridized carbons (Fsp3) is 0.286. The first-order chi connectivity index (χ1) is 13.1. The van der Waals surface area contributed by atoms with Crippen LogP contribution >= 0.6 is 0 Å². The van der Waals surface area contributed by atoms with Gasteiger partial charge in [-0.2, -0.15) is 5.26 Å². The summed E-state index contributed by atoms with van der Waals surface area (Å²) in [5.41, 5.74) is 0.155. The Bertz CT molecular complexity index is 880. The van der Waals surface area contributed by atoms with E-state index >= 15 is 0 Å². The van der Waals surface area contributed by atoms with Gasteiger partial charge < -0.3 is 9.47 Å². The van der Waals surface area contributed by atoms with Gasteiger partial charge in [-0.3, -0.25) is 4.79 Å². The SMILES string of the molecule is N#Cc1cc(F)ccc1OC(=O)c1ccc(OC(=O)C2CCCCC2)cc1. The minimum absolute atomic E-state index is 0.0169. The van der Waals surface area contributed by atoms with E-state index in [1.54, 1.807) is 6.07 Å². The van der Waals surface area contributed by atoms with Gasteiger partial charge in [0.15, 0.2) is 0 Å². The third-order valence-corrected chi connectivity index (χ3v) is 4.51. The Morgan fingerprint density at radius 3 is 2.37 bits per heavy atom. The zero-order valence-corrected chi connectivity index (χ0v) is 14.6. The molecule has 1 aliphatic carbocycles. The molecule has 0 spiro atoms. The fourth-order valence-electron chi connectivity index (χ4n) is 3.03. The van der Waals surface area contributed by atoms with Crippen LogP contribution in [0.3, 0.4) is 0 Å². The number of rotatable bonds is 4. The van der Waals surface area contributed by atoms with E-state index in [9.17, 15) is 14.0 Å². The van der Waals surface area contributed by atoms with Gasteiger partial charge in [0, 0.05) is 0 Å². The standard InChI is InChI=1S/C21H18FNO4/c22-17-8-11-19(16(12-17)13-23)27-21(25)15-6-9-18(10-7-15)26-20(24)14-4-2-1-3-5-14/h6-12,14H,1-5H2. The molecule has 1 saturated carbocycles. The molecule has 5 nitrogen and oxygen atoms in total. The van der Waals surface area contributed by atoms with Gasteiger partial charge in [-0.15, -0.1) is 0 Å². The zero-order valence-electron chi connectivity index (χ0n) is 14.6. The summed E-state index contributed by atoms with van der Waals surface area (Å²) in [7, 11) is 0. The van der Waals surface area contributed by atoms with Gasteiger partial charge in [0.1, 0.15) is 23.4 Å². The molecule has 0 radical (unpaired) electrons. The van der Waals surface area contributed by atoms with Crippen molar-refractivity contribution in [3.63, 3.8) is 0 Å². The molecule has 1 fully saturated rings. The van der Waals surface area contributed by atoms with Gasteiger partial charge in [0.2, 0.25) is 0 Å². The zero-order chi connectivity index (χ0) is 19.2. The number of carbonyl (C=O) groups excluding carboxylic acids is 2.